The number of hydrogen-bond acceptors (Lipinski definition) is 3. The van der Waals surface area contributed by atoms with E-state index in [1.54, 1.807) is 6.07 Å². The number of hydrogen-bond donors (Lipinski definition) is 2. The zero-order chi connectivity index (χ0) is 13.7. The van der Waals surface area contributed by atoms with Crippen molar-refractivity contribution >= 4 is 5.91 Å². The van der Waals surface area contributed by atoms with Crippen LogP contribution in [0.2, 0.25) is 0 Å². The van der Waals surface area contributed by atoms with Crippen molar-refractivity contribution in [2.24, 2.45) is 5.73 Å². The maximum absolute atomic E-state index is 11.1. The topological polar surface area (TPSA) is 66.6 Å². The molecule has 1 rings (SSSR count). The molecule has 0 spiro atoms. The van der Waals surface area contributed by atoms with Gasteiger partial charge in [0.1, 0.15) is 0 Å². The second-order valence-electron chi connectivity index (χ2n) is 4.79. The lowest BCUT2D eigenvalue weighted by Crippen LogP contribution is -2.33. The lowest BCUT2D eigenvalue weighted by molar-refractivity contribution is 0.1000. The van der Waals surface area contributed by atoms with Gasteiger partial charge in [0, 0.05) is 24.7 Å². The predicted molar refractivity (Wildman–Crippen MR) is 72.3 cm³/mol. The largest absolute Gasteiger partial charge is 0.395 e. The highest BCUT2D eigenvalue weighted by Crippen LogP contribution is 2.14. The highest BCUT2D eigenvalue weighted by molar-refractivity contribution is 5.93. The first-order valence-electron chi connectivity index (χ1n) is 6.20. The van der Waals surface area contributed by atoms with Crippen LogP contribution in [0.25, 0.3) is 0 Å². The van der Waals surface area contributed by atoms with Gasteiger partial charge in [-0.1, -0.05) is 6.07 Å². The van der Waals surface area contributed by atoms with Gasteiger partial charge in [-0.2, -0.15) is 0 Å². The van der Waals surface area contributed by atoms with Crippen molar-refractivity contribution < 1.29 is 9.90 Å². The molecule has 1 amide bonds. The number of benzene rings is 1. The molecule has 18 heavy (non-hydrogen) atoms. The summed E-state index contributed by atoms with van der Waals surface area (Å²) < 4.78 is 0. The predicted octanol–water partition coefficient (Wildman–Crippen LogP) is 1.30. The molecule has 0 aromatic heterocycles. The van der Waals surface area contributed by atoms with E-state index >= 15 is 0 Å². The van der Waals surface area contributed by atoms with Gasteiger partial charge in [0.15, 0.2) is 0 Å². The van der Waals surface area contributed by atoms with Crippen LogP contribution >= 0.6 is 0 Å². The number of aliphatic hydroxyl groups is 1. The number of aryl methyl sites for hydroxylation is 1. The number of primary amides is 1. The van der Waals surface area contributed by atoms with Crippen LogP contribution in [0, 0.1) is 6.92 Å². The summed E-state index contributed by atoms with van der Waals surface area (Å²) in [7, 11) is 0. The van der Waals surface area contributed by atoms with Crippen LogP contribution < -0.4 is 5.73 Å². The highest BCUT2D eigenvalue weighted by Gasteiger charge is 2.11. The normalized spacial score (nSPS) is 11.2. The number of aliphatic hydroxyl groups excluding tert-OH is 1. The first-order chi connectivity index (χ1) is 8.45. The molecule has 4 heteroatoms. The Hall–Kier alpha value is -1.39. The molecule has 0 aliphatic heterocycles. The van der Waals surface area contributed by atoms with Gasteiger partial charge >= 0.3 is 0 Å². The van der Waals surface area contributed by atoms with Gasteiger partial charge in [-0.05, 0) is 44.0 Å². The van der Waals surface area contributed by atoms with Crippen molar-refractivity contribution in [2.75, 3.05) is 13.2 Å². The Kier molecular flexibility index (Phi) is 5.31. The van der Waals surface area contributed by atoms with Crippen molar-refractivity contribution in [3.63, 3.8) is 0 Å². The third-order valence-corrected chi connectivity index (χ3v) is 3.12. The van der Waals surface area contributed by atoms with E-state index in [1.807, 2.05) is 19.1 Å². The molecular formula is C14H22N2O2. The summed E-state index contributed by atoms with van der Waals surface area (Å²) in [6, 6.07) is 5.87. The van der Waals surface area contributed by atoms with Crippen molar-refractivity contribution in [2.45, 2.75) is 33.4 Å². The Labute approximate surface area is 108 Å². The summed E-state index contributed by atoms with van der Waals surface area (Å²) in [6.45, 7) is 7.74. The Bertz CT molecular complexity index is 416. The van der Waals surface area contributed by atoms with Crippen LogP contribution in [0.4, 0.5) is 0 Å². The first-order valence-corrected chi connectivity index (χ1v) is 6.20. The van der Waals surface area contributed by atoms with E-state index in [9.17, 15) is 4.79 Å². The molecule has 0 aliphatic rings. The van der Waals surface area contributed by atoms with E-state index in [4.69, 9.17) is 10.8 Å². The van der Waals surface area contributed by atoms with Gasteiger partial charge < -0.3 is 10.8 Å². The Balaban J connectivity index is 2.86. The monoisotopic (exact) mass is 250 g/mol. The molecule has 1 aromatic rings. The van der Waals surface area contributed by atoms with Crippen LogP contribution in [-0.2, 0) is 6.54 Å². The molecule has 0 aliphatic carbocycles. The molecule has 3 N–H and O–H groups in total. The molecule has 0 radical (unpaired) electrons. The third kappa shape index (κ3) is 3.82. The van der Waals surface area contributed by atoms with Crippen LogP contribution in [0.15, 0.2) is 18.2 Å². The fourth-order valence-corrected chi connectivity index (χ4v) is 1.89. The summed E-state index contributed by atoms with van der Waals surface area (Å²) in [6.07, 6.45) is 0. The van der Waals surface area contributed by atoms with Crippen LogP contribution in [0.1, 0.15) is 35.3 Å². The zero-order valence-electron chi connectivity index (χ0n) is 11.3. The Morgan fingerprint density at radius 2 is 2.11 bits per heavy atom. The van der Waals surface area contributed by atoms with Crippen molar-refractivity contribution in [1.82, 2.24) is 4.90 Å². The average molecular weight is 250 g/mol. The number of carbonyl (C=O) groups is 1. The molecule has 0 heterocycles. The van der Waals surface area contributed by atoms with E-state index in [1.165, 1.54) is 0 Å². The Morgan fingerprint density at radius 3 is 2.56 bits per heavy atom. The second-order valence-corrected chi connectivity index (χ2v) is 4.79. The van der Waals surface area contributed by atoms with Gasteiger partial charge in [0.2, 0.25) is 5.91 Å². The minimum atomic E-state index is -0.402. The van der Waals surface area contributed by atoms with Crippen molar-refractivity contribution in [3.8, 4) is 0 Å². The van der Waals surface area contributed by atoms with E-state index in [-0.39, 0.29) is 6.61 Å². The van der Waals surface area contributed by atoms with Gasteiger partial charge in [-0.3, -0.25) is 9.69 Å². The standard InChI is InChI=1S/C14H22N2O2/c1-10(2)16(6-7-17)9-13-5-4-12(14(15)18)8-11(13)3/h4-5,8,10,17H,6-7,9H2,1-3H3,(H2,15,18). The maximum Gasteiger partial charge on any atom is 0.248 e. The lowest BCUT2D eigenvalue weighted by atomic mass is 10.0. The third-order valence-electron chi connectivity index (χ3n) is 3.12. The Morgan fingerprint density at radius 1 is 1.44 bits per heavy atom. The van der Waals surface area contributed by atoms with Crippen LogP contribution in [0.5, 0.6) is 0 Å². The summed E-state index contributed by atoms with van der Waals surface area (Å²) >= 11 is 0. The molecule has 4 nitrogen and oxygen atoms in total. The van der Waals surface area contributed by atoms with Crippen LogP contribution in [0.3, 0.4) is 0 Å². The van der Waals surface area contributed by atoms with Gasteiger partial charge in [-0.15, -0.1) is 0 Å². The molecule has 0 saturated heterocycles. The molecule has 100 valence electrons. The van der Waals surface area contributed by atoms with Crippen molar-refractivity contribution in [3.05, 3.63) is 34.9 Å². The summed E-state index contributed by atoms with van der Waals surface area (Å²) in [4.78, 5) is 13.3. The van der Waals surface area contributed by atoms with Gasteiger partial charge in [0.05, 0.1) is 6.61 Å². The van der Waals surface area contributed by atoms with Crippen LogP contribution in [-0.4, -0.2) is 35.1 Å². The molecular weight excluding hydrogens is 228 g/mol. The SMILES string of the molecule is Cc1cc(C(N)=O)ccc1CN(CCO)C(C)C. The van der Waals surface area contributed by atoms with E-state index in [2.05, 4.69) is 18.7 Å². The van der Waals surface area contributed by atoms with E-state index in [0.717, 1.165) is 17.7 Å². The fourth-order valence-electron chi connectivity index (χ4n) is 1.89. The quantitative estimate of drug-likeness (QED) is 0.799. The molecule has 0 fully saturated rings. The van der Waals surface area contributed by atoms with E-state index in [0.29, 0.717) is 18.2 Å². The average Bonchev–Trinajstić information content (AvgIpc) is 2.30. The molecule has 0 saturated carbocycles. The molecule has 0 bridgehead atoms. The second kappa shape index (κ2) is 6.52. The summed E-state index contributed by atoms with van der Waals surface area (Å²) in [5, 5.41) is 9.05. The highest BCUT2D eigenvalue weighted by atomic mass is 16.3. The first kappa shape index (κ1) is 14.7. The number of carbonyl (C=O) groups excluding carboxylic acids is 1. The summed E-state index contributed by atoms with van der Waals surface area (Å²) in [5.74, 6) is -0.402. The fraction of sp³-hybridized carbons (Fsp3) is 0.500. The number of amides is 1. The zero-order valence-corrected chi connectivity index (χ0v) is 11.3. The lowest BCUT2D eigenvalue weighted by Gasteiger charge is -2.26. The smallest absolute Gasteiger partial charge is 0.248 e. The molecule has 0 unspecified atom stereocenters. The minimum absolute atomic E-state index is 0.149. The molecule has 0 atom stereocenters. The van der Waals surface area contributed by atoms with E-state index < -0.39 is 5.91 Å². The minimum Gasteiger partial charge on any atom is -0.395 e. The van der Waals surface area contributed by atoms with Gasteiger partial charge in [0.25, 0.3) is 0 Å². The summed E-state index contributed by atoms with van der Waals surface area (Å²) in [5.41, 5.74) is 7.99. The number of nitrogens with zero attached hydrogens (tertiary/aromatic N) is 1. The number of rotatable bonds is 6. The maximum atomic E-state index is 11.1. The molecule has 1 aromatic carbocycles. The number of nitrogens with two attached hydrogens (primary N) is 1. The van der Waals surface area contributed by atoms with Gasteiger partial charge in [-0.25, -0.2) is 0 Å². The van der Waals surface area contributed by atoms with Crippen molar-refractivity contribution in [1.29, 1.82) is 0 Å².